The second kappa shape index (κ2) is 7.15. The van der Waals surface area contributed by atoms with E-state index in [9.17, 15) is 9.18 Å². The number of hydrogen-bond acceptors (Lipinski definition) is 3. The lowest BCUT2D eigenvalue weighted by molar-refractivity contribution is 0.331. The highest BCUT2D eigenvalue weighted by Gasteiger charge is 2.13. The molecule has 0 aliphatic carbocycles. The number of benzene rings is 1. The molecule has 0 fully saturated rings. The lowest BCUT2D eigenvalue weighted by atomic mass is 10.1. The minimum Gasteiger partial charge on any atom is -0.312 e. The lowest BCUT2D eigenvalue weighted by Gasteiger charge is -2.18. The Morgan fingerprint density at radius 3 is 2.38 bits per heavy atom. The van der Waals surface area contributed by atoms with Gasteiger partial charge in [-0.2, -0.15) is 0 Å². The van der Waals surface area contributed by atoms with Gasteiger partial charge in [0.2, 0.25) is 0 Å². The molecule has 110 valence electrons. The van der Waals surface area contributed by atoms with Gasteiger partial charge in [-0.3, -0.25) is 9.69 Å². The van der Waals surface area contributed by atoms with Gasteiger partial charge in [0.05, 0.1) is 5.69 Å². The quantitative estimate of drug-likeness (QED) is 0.796. The summed E-state index contributed by atoms with van der Waals surface area (Å²) in [6.07, 6.45) is 3.63. The van der Waals surface area contributed by atoms with Crippen molar-refractivity contribution >= 4 is 11.3 Å². The highest BCUT2D eigenvalue weighted by Crippen LogP contribution is 2.24. The first kappa shape index (κ1) is 15.4. The summed E-state index contributed by atoms with van der Waals surface area (Å²) >= 11 is 1.18. The summed E-state index contributed by atoms with van der Waals surface area (Å²) in [5.41, 5.74) is 1.56. The minimum absolute atomic E-state index is 0.110. The fourth-order valence-electron chi connectivity index (χ4n) is 2.09. The predicted molar refractivity (Wildman–Crippen MR) is 86.0 cm³/mol. The monoisotopic (exact) mass is 304 g/mol. The van der Waals surface area contributed by atoms with Gasteiger partial charge in [-0.15, -0.1) is 13.2 Å². The van der Waals surface area contributed by atoms with Crippen molar-refractivity contribution in [3.05, 3.63) is 69.9 Å². The van der Waals surface area contributed by atoms with E-state index in [2.05, 4.69) is 23.0 Å². The largest absolute Gasteiger partial charge is 0.312 e. The van der Waals surface area contributed by atoms with E-state index in [0.717, 1.165) is 16.1 Å². The Morgan fingerprint density at radius 1 is 1.19 bits per heavy atom. The van der Waals surface area contributed by atoms with E-state index in [4.69, 9.17) is 0 Å². The van der Waals surface area contributed by atoms with Crippen LogP contribution >= 0.6 is 11.3 Å². The maximum atomic E-state index is 13.0. The molecule has 1 aromatic carbocycles. The zero-order chi connectivity index (χ0) is 15.2. The van der Waals surface area contributed by atoms with Gasteiger partial charge >= 0.3 is 4.87 Å². The van der Waals surface area contributed by atoms with Gasteiger partial charge in [-0.25, -0.2) is 4.39 Å². The van der Waals surface area contributed by atoms with Crippen molar-refractivity contribution in [2.45, 2.75) is 6.54 Å². The van der Waals surface area contributed by atoms with Crippen molar-refractivity contribution in [2.24, 2.45) is 0 Å². The van der Waals surface area contributed by atoms with Gasteiger partial charge in [0.1, 0.15) is 5.82 Å². The number of thiazole rings is 1. The molecule has 21 heavy (non-hydrogen) atoms. The summed E-state index contributed by atoms with van der Waals surface area (Å²) in [4.78, 5) is 17.4. The van der Waals surface area contributed by atoms with E-state index >= 15 is 0 Å². The molecule has 0 radical (unpaired) electrons. The first-order valence-electron chi connectivity index (χ1n) is 6.56. The normalized spacial score (nSPS) is 10.8. The lowest BCUT2D eigenvalue weighted by Crippen LogP contribution is -2.23. The van der Waals surface area contributed by atoms with Crippen LogP contribution in [-0.4, -0.2) is 23.0 Å². The molecular formula is C16H17FN2OS. The number of aromatic nitrogens is 1. The van der Waals surface area contributed by atoms with Crippen molar-refractivity contribution in [1.82, 2.24) is 9.88 Å². The molecule has 0 amide bonds. The van der Waals surface area contributed by atoms with Crippen LogP contribution in [0, 0.1) is 5.82 Å². The van der Waals surface area contributed by atoms with Gasteiger partial charge in [0, 0.05) is 24.5 Å². The Morgan fingerprint density at radius 2 is 1.81 bits per heavy atom. The summed E-state index contributed by atoms with van der Waals surface area (Å²) in [6.45, 7) is 9.51. The molecule has 0 aliphatic rings. The van der Waals surface area contributed by atoms with Gasteiger partial charge < -0.3 is 4.98 Å². The molecule has 0 aliphatic heterocycles. The average molecular weight is 304 g/mol. The Balaban J connectivity index is 2.31. The molecule has 2 rings (SSSR count). The topological polar surface area (TPSA) is 36.1 Å². The summed E-state index contributed by atoms with van der Waals surface area (Å²) in [5.74, 6) is -0.294. The predicted octanol–water partition coefficient (Wildman–Crippen LogP) is 3.42. The maximum Gasteiger partial charge on any atom is 0.305 e. The number of rotatable bonds is 7. The van der Waals surface area contributed by atoms with Crippen molar-refractivity contribution in [3.63, 3.8) is 0 Å². The van der Waals surface area contributed by atoms with Gasteiger partial charge in [0.25, 0.3) is 0 Å². The molecule has 0 bridgehead atoms. The van der Waals surface area contributed by atoms with Crippen LogP contribution in [0.4, 0.5) is 4.39 Å². The smallest absolute Gasteiger partial charge is 0.305 e. The molecule has 0 spiro atoms. The van der Waals surface area contributed by atoms with Crippen molar-refractivity contribution in [1.29, 1.82) is 0 Å². The Hall–Kier alpha value is -1.98. The molecule has 5 heteroatoms. The van der Waals surface area contributed by atoms with Crippen molar-refractivity contribution < 1.29 is 4.39 Å². The SMILES string of the molecule is C=CCN(CC=C)Cc1sc(=O)[nH]c1-c1ccc(F)cc1. The molecule has 0 atom stereocenters. The molecule has 2 aromatic rings. The number of nitrogens with one attached hydrogen (secondary N) is 1. The number of nitrogens with zero attached hydrogens (tertiary/aromatic N) is 1. The average Bonchev–Trinajstić information content (AvgIpc) is 2.81. The third-order valence-corrected chi connectivity index (χ3v) is 3.86. The van der Waals surface area contributed by atoms with E-state index in [1.165, 1.54) is 23.5 Å². The molecule has 1 aromatic heterocycles. The summed E-state index contributed by atoms with van der Waals surface area (Å²) in [7, 11) is 0. The number of hydrogen-bond donors (Lipinski definition) is 1. The third kappa shape index (κ3) is 4.00. The van der Waals surface area contributed by atoms with Gasteiger partial charge in [0.15, 0.2) is 0 Å². The van der Waals surface area contributed by atoms with Crippen molar-refractivity contribution in [2.75, 3.05) is 13.1 Å². The fourth-order valence-corrected chi connectivity index (χ4v) is 2.99. The van der Waals surface area contributed by atoms with Gasteiger partial charge in [-0.05, 0) is 29.8 Å². The third-order valence-electron chi connectivity index (χ3n) is 3.00. The van der Waals surface area contributed by atoms with Crippen LogP contribution < -0.4 is 4.87 Å². The van der Waals surface area contributed by atoms with E-state index in [0.29, 0.717) is 19.6 Å². The molecule has 0 unspecified atom stereocenters. The fraction of sp³-hybridized carbons (Fsp3) is 0.188. The second-order valence-corrected chi connectivity index (χ2v) is 5.66. The standard InChI is InChI=1S/C16H17FN2OS/c1-3-9-19(10-4-2)11-14-15(18-16(20)21-14)12-5-7-13(17)8-6-12/h3-8H,1-2,9-11H2,(H,18,20). The molecule has 0 saturated heterocycles. The molecule has 3 nitrogen and oxygen atoms in total. The molecule has 1 heterocycles. The molecule has 1 N–H and O–H groups in total. The number of H-pyrrole nitrogens is 1. The maximum absolute atomic E-state index is 13.0. The van der Waals surface area contributed by atoms with Crippen molar-refractivity contribution in [3.8, 4) is 11.3 Å². The zero-order valence-electron chi connectivity index (χ0n) is 11.6. The molecular weight excluding hydrogens is 287 g/mol. The zero-order valence-corrected chi connectivity index (χ0v) is 12.5. The number of aromatic amines is 1. The van der Waals surface area contributed by atoms with Crippen LogP contribution in [0.5, 0.6) is 0 Å². The number of halogens is 1. The van der Waals surface area contributed by atoms with Crippen LogP contribution in [0.25, 0.3) is 11.3 Å². The highest BCUT2D eigenvalue weighted by atomic mass is 32.1. The van der Waals surface area contributed by atoms with Crippen LogP contribution in [0.1, 0.15) is 4.88 Å². The van der Waals surface area contributed by atoms with E-state index in [-0.39, 0.29) is 10.7 Å². The Labute approximate surface area is 127 Å². The van der Waals surface area contributed by atoms with E-state index in [1.54, 1.807) is 12.1 Å². The van der Waals surface area contributed by atoms with E-state index in [1.807, 2.05) is 12.2 Å². The summed E-state index contributed by atoms with van der Waals surface area (Å²) in [6, 6.07) is 6.12. The summed E-state index contributed by atoms with van der Waals surface area (Å²) < 4.78 is 13.0. The highest BCUT2D eigenvalue weighted by molar-refractivity contribution is 7.09. The van der Waals surface area contributed by atoms with E-state index < -0.39 is 0 Å². The first-order chi connectivity index (χ1) is 10.1. The van der Waals surface area contributed by atoms with Gasteiger partial charge in [-0.1, -0.05) is 23.5 Å². The molecule has 0 saturated carbocycles. The van der Waals surface area contributed by atoms with Crippen LogP contribution in [-0.2, 0) is 6.54 Å². The van der Waals surface area contributed by atoms with Crippen LogP contribution in [0.3, 0.4) is 0 Å². The van der Waals surface area contributed by atoms with Crippen LogP contribution in [0.15, 0.2) is 54.4 Å². The van der Waals surface area contributed by atoms with Crippen LogP contribution in [0.2, 0.25) is 0 Å². The first-order valence-corrected chi connectivity index (χ1v) is 7.37. The summed E-state index contributed by atoms with van der Waals surface area (Å²) in [5, 5.41) is 0. The Bertz CT molecular complexity index is 662. The second-order valence-electron chi connectivity index (χ2n) is 4.59. The minimum atomic E-state index is -0.294. The Kier molecular flexibility index (Phi) is 5.25.